The fourth-order valence-corrected chi connectivity index (χ4v) is 3.33. The number of ether oxygens (including phenoxy) is 3. The quantitative estimate of drug-likeness (QED) is 0.268. The molecule has 1 aromatic carbocycles. The molecule has 0 aliphatic carbocycles. The van der Waals surface area contributed by atoms with Crippen LogP contribution in [0.15, 0.2) is 24.3 Å². The van der Waals surface area contributed by atoms with Crippen LogP contribution in [0.2, 0.25) is 0 Å². The van der Waals surface area contributed by atoms with E-state index in [1.807, 2.05) is 0 Å². The highest BCUT2D eigenvalue weighted by Gasteiger charge is 2.28. The molecule has 0 aromatic heterocycles. The van der Waals surface area contributed by atoms with Crippen molar-refractivity contribution in [1.82, 2.24) is 10.2 Å². The molecular weight excluding hydrogens is 418 g/mol. The topological polar surface area (TPSA) is 135 Å². The largest absolute Gasteiger partial charge is 0.467 e. The molecule has 0 bridgehead atoms. The number of amidine groups is 1. The Morgan fingerprint density at radius 3 is 2.22 bits per heavy atom. The van der Waals surface area contributed by atoms with E-state index in [0.717, 1.165) is 0 Å². The van der Waals surface area contributed by atoms with Crippen LogP contribution in [0, 0.1) is 11.3 Å². The summed E-state index contributed by atoms with van der Waals surface area (Å²) < 4.78 is 14.5. The third-order valence-corrected chi connectivity index (χ3v) is 5.24. The second-order valence-electron chi connectivity index (χ2n) is 7.51. The maximum Gasteiger partial charge on any atom is 0.412 e. The Bertz CT molecular complexity index is 846. The molecule has 2 amide bonds. The van der Waals surface area contributed by atoms with Crippen LogP contribution in [0.5, 0.6) is 0 Å². The van der Waals surface area contributed by atoms with E-state index in [9.17, 15) is 19.2 Å². The molecule has 0 spiro atoms. The van der Waals surface area contributed by atoms with E-state index in [1.54, 1.807) is 36.1 Å². The zero-order valence-electron chi connectivity index (χ0n) is 18.5. The number of Topliss-reactive ketones (excluding diaryl/α,β-unsaturated/α-hetero) is 1. The van der Waals surface area contributed by atoms with Gasteiger partial charge in [0.2, 0.25) is 5.91 Å². The maximum absolute atomic E-state index is 12.7. The van der Waals surface area contributed by atoms with Crippen LogP contribution < -0.4 is 5.32 Å². The number of carbonyl (C=O) groups is 4. The van der Waals surface area contributed by atoms with Crippen molar-refractivity contribution in [3.8, 4) is 0 Å². The highest BCUT2D eigenvalue weighted by molar-refractivity contribution is 6.05. The van der Waals surface area contributed by atoms with Crippen LogP contribution in [0.25, 0.3) is 0 Å². The number of rotatable bonds is 8. The van der Waals surface area contributed by atoms with Gasteiger partial charge in [0.25, 0.3) is 0 Å². The smallest absolute Gasteiger partial charge is 0.412 e. The molecule has 0 saturated carbocycles. The van der Waals surface area contributed by atoms with Gasteiger partial charge in [-0.05, 0) is 12.8 Å². The number of nitrogens with one attached hydrogen (secondary N) is 2. The monoisotopic (exact) mass is 447 g/mol. The number of piperidine rings is 1. The number of ketones is 1. The van der Waals surface area contributed by atoms with Crippen LogP contribution in [0.4, 0.5) is 4.79 Å². The van der Waals surface area contributed by atoms with Crippen LogP contribution in [-0.4, -0.2) is 74.5 Å². The summed E-state index contributed by atoms with van der Waals surface area (Å²) in [5, 5.41) is 10.1. The third-order valence-electron chi connectivity index (χ3n) is 5.24. The Balaban J connectivity index is 1.83. The molecule has 2 N–H and O–H groups in total. The van der Waals surface area contributed by atoms with Gasteiger partial charge in [-0.1, -0.05) is 31.2 Å². The van der Waals surface area contributed by atoms with E-state index >= 15 is 0 Å². The highest BCUT2D eigenvalue weighted by atomic mass is 16.6. The number of hydrogen-bond donors (Lipinski definition) is 2. The molecule has 1 aromatic rings. The summed E-state index contributed by atoms with van der Waals surface area (Å²) in [6, 6.07) is 6.23. The Kier molecular flexibility index (Phi) is 9.33. The third kappa shape index (κ3) is 7.16. The van der Waals surface area contributed by atoms with Gasteiger partial charge in [0.15, 0.2) is 5.78 Å². The van der Waals surface area contributed by atoms with Crippen molar-refractivity contribution in [2.45, 2.75) is 32.3 Å². The number of alkyl carbamates (subject to hydrolysis) is 1. The molecule has 1 aliphatic rings. The molecule has 10 nitrogen and oxygen atoms in total. The fraction of sp³-hybridized carbons (Fsp3) is 0.500. The fourth-order valence-electron chi connectivity index (χ4n) is 3.33. The van der Waals surface area contributed by atoms with E-state index in [-0.39, 0.29) is 36.7 Å². The van der Waals surface area contributed by atoms with Gasteiger partial charge in [0.05, 0.1) is 20.3 Å². The van der Waals surface area contributed by atoms with Gasteiger partial charge in [-0.25, -0.2) is 9.59 Å². The first-order valence-electron chi connectivity index (χ1n) is 10.3. The van der Waals surface area contributed by atoms with E-state index < -0.39 is 18.0 Å². The van der Waals surface area contributed by atoms with Crippen molar-refractivity contribution < 1.29 is 33.4 Å². The van der Waals surface area contributed by atoms with Crippen LogP contribution in [0.1, 0.15) is 42.1 Å². The van der Waals surface area contributed by atoms with Gasteiger partial charge in [-0.3, -0.25) is 20.3 Å². The average Bonchev–Trinajstić information content (AvgIpc) is 2.82. The first kappa shape index (κ1) is 25.0. The number of benzene rings is 1. The van der Waals surface area contributed by atoms with Crippen molar-refractivity contribution in [1.29, 1.82) is 5.41 Å². The lowest BCUT2D eigenvalue weighted by molar-refractivity contribution is -0.150. The number of likely N-dealkylation sites (tertiary alicyclic amines) is 1. The molecule has 1 saturated heterocycles. The molecule has 1 fully saturated rings. The minimum Gasteiger partial charge on any atom is -0.467 e. The number of nitrogens with zero attached hydrogens (tertiary/aromatic N) is 1. The molecule has 10 heteroatoms. The second-order valence-corrected chi connectivity index (χ2v) is 7.51. The van der Waals surface area contributed by atoms with E-state index in [4.69, 9.17) is 10.1 Å². The van der Waals surface area contributed by atoms with Crippen molar-refractivity contribution in [2.24, 2.45) is 5.92 Å². The lowest BCUT2D eigenvalue weighted by atomic mass is 9.96. The summed E-state index contributed by atoms with van der Waals surface area (Å²) in [7, 11) is 2.51. The maximum atomic E-state index is 12.7. The van der Waals surface area contributed by atoms with Crippen LogP contribution in [-0.2, 0) is 23.8 Å². The highest BCUT2D eigenvalue weighted by Crippen LogP contribution is 2.19. The molecule has 174 valence electrons. The lowest BCUT2D eigenvalue weighted by Gasteiger charge is -2.33. The van der Waals surface area contributed by atoms with Crippen LogP contribution in [0.3, 0.4) is 0 Å². The van der Waals surface area contributed by atoms with Gasteiger partial charge in [-0.2, -0.15) is 0 Å². The molecule has 0 radical (unpaired) electrons. The molecule has 2 rings (SSSR count). The van der Waals surface area contributed by atoms with Gasteiger partial charge >= 0.3 is 12.1 Å². The first-order valence-corrected chi connectivity index (χ1v) is 10.3. The van der Waals surface area contributed by atoms with Gasteiger partial charge in [-0.15, -0.1) is 0 Å². The standard InChI is InChI=1S/C22H29N3O7/c1-14(21(28)25-10-8-17(9-11-25)32-13-19(27)30-2)12-18(26)15-4-6-16(7-5-15)20(23)24-22(29)31-3/h4-7,14,17H,8-13H2,1-3H3,(H2,23,24,29)/t14-/m1/s1. The normalized spacial score (nSPS) is 14.9. The number of methoxy groups -OCH3 is 2. The minimum absolute atomic E-state index is 0.0643. The van der Waals surface area contributed by atoms with E-state index in [0.29, 0.717) is 37.1 Å². The Morgan fingerprint density at radius 1 is 1.06 bits per heavy atom. The number of carbonyl (C=O) groups excluding carboxylic acids is 4. The van der Waals surface area contributed by atoms with Crippen molar-refractivity contribution in [3.63, 3.8) is 0 Å². The average molecular weight is 447 g/mol. The Morgan fingerprint density at radius 2 is 1.66 bits per heavy atom. The molecule has 32 heavy (non-hydrogen) atoms. The van der Waals surface area contributed by atoms with Gasteiger partial charge in [0, 0.05) is 36.6 Å². The zero-order valence-corrected chi connectivity index (χ0v) is 18.5. The van der Waals surface area contributed by atoms with E-state index in [2.05, 4.69) is 14.8 Å². The predicted octanol–water partition coefficient (Wildman–Crippen LogP) is 1.76. The SMILES string of the molecule is COC(=O)COC1CCN(C(=O)[C@H](C)CC(=O)c2ccc(C(=N)NC(=O)OC)cc2)CC1. The summed E-state index contributed by atoms with van der Waals surface area (Å²) in [5.74, 6) is -1.32. The van der Waals surface area contributed by atoms with Crippen LogP contribution >= 0.6 is 0 Å². The van der Waals surface area contributed by atoms with Gasteiger partial charge < -0.3 is 19.1 Å². The summed E-state index contributed by atoms with van der Waals surface area (Å²) in [6.45, 7) is 2.64. The lowest BCUT2D eigenvalue weighted by Crippen LogP contribution is -2.43. The zero-order chi connectivity index (χ0) is 23.7. The van der Waals surface area contributed by atoms with E-state index in [1.165, 1.54) is 14.2 Å². The number of esters is 1. The summed E-state index contributed by atoms with van der Waals surface area (Å²) in [5.41, 5.74) is 0.850. The summed E-state index contributed by atoms with van der Waals surface area (Å²) >= 11 is 0. The summed E-state index contributed by atoms with van der Waals surface area (Å²) in [4.78, 5) is 49.4. The molecule has 0 unspecified atom stereocenters. The minimum atomic E-state index is -0.749. The Labute approximate surface area is 186 Å². The second kappa shape index (κ2) is 11.9. The molecule has 1 atom stereocenters. The molecule has 1 heterocycles. The Hall–Kier alpha value is -3.27. The van der Waals surface area contributed by atoms with Gasteiger partial charge in [0.1, 0.15) is 12.4 Å². The van der Waals surface area contributed by atoms with Crippen molar-refractivity contribution in [2.75, 3.05) is 33.9 Å². The summed E-state index contributed by atoms with van der Waals surface area (Å²) in [6.07, 6.45) is 0.462. The van der Waals surface area contributed by atoms with Crippen molar-refractivity contribution >= 4 is 29.6 Å². The molecular formula is C22H29N3O7. The predicted molar refractivity (Wildman–Crippen MR) is 114 cm³/mol. The number of amides is 2. The number of hydrogen-bond acceptors (Lipinski definition) is 8. The first-order chi connectivity index (χ1) is 15.2. The van der Waals surface area contributed by atoms with Crippen molar-refractivity contribution in [3.05, 3.63) is 35.4 Å². The molecule has 1 aliphatic heterocycles.